The minimum absolute atomic E-state index is 0.120. The lowest BCUT2D eigenvalue weighted by molar-refractivity contribution is 0.0963. The number of rotatable bonds is 9. The van der Waals surface area contributed by atoms with Gasteiger partial charge in [-0.05, 0) is 42.8 Å². The summed E-state index contributed by atoms with van der Waals surface area (Å²) < 4.78 is 5.38. The highest BCUT2D eigenvalue weighted by Gasteiger charge is 2.19. The first-order valence-corrected chi connectivity index (χ1v) is 10.2. The molecule has 0 aliphatic carbocycles. The number of H-pyrrole nitrogens is 1. The lowest BCUT2D eigenvalue weighted by atomic mass is 10.0. The van der Waals surface area contributed by atoms with Crippen LogP contribution in [0.15, 0.2) is 48.8 Å². The number of aromatic amines is 1. The van der Waals surface area contributed by atoms with Crippen LogP contribution < -0.4 is 10.1 Å². The third kappa shape index (κ3) is 5.38. The molecule has 0 atom stereocenters. The Bertz CT molecular complexity index is 1110. The minimum atomic E-state index is -0.459. The Kier molecular flexibility index (Phi) is 7.20. The number of Topliss-reactive ketones (excluding diaryl/α,β-unsaturated/α-hetero) is 2. The number of nitrogens with zero attached hydrogens (tertiary/aromatic N) is 1. The van der Waals surface area contributed by atoms with Crippen molar-refractivity contribution in [3.63, 3.8) is 0 Å². The van der Waals surface area contributed by atoms with E-state index in [1.165, 1.54) is 6.33 Å². The van der Waals surface area contributed by atoms with E-state index < -0.39 is 5.91 Å². The highest BCUT2D eigenvalue weighted by Crippen LogP contribution is 2.24. The van der Waals surface area contributed by atoms with E-state index in [-0.39, 0.29) is 35.8 Å². The normalized spacial score (nSPS) is 10.5. The van der Waals surface area contributed by atoms with Gasteiger partial charge in [-0.1, -0.05) is 30.7 Å². The van der Waals surface area contributed by atoms with Crippen LogP contribution in [-0.2, 0) is 6.42 Å². The monoisotopic (exact) mass is 439 g/mol. The molecule has 160 valence electrons. The zero-order valence-corrected chi connectivity index (χ0v) is 18.0. The first-order chi connectivity index (χ1) is 14.9. The number of carbonyl (C=O) groups is 3. The molecule has 0 aliphatic rings. The smallest absolute Gasteiger partial charge is 0.274 e. The van der Waals surface area contributed by atoms with Crippen LogP contribution in [0.3, 0.4) is 0 Å². The van der Waals surface area contributed by atoms with Gasteiger partial charge >= 0.3 is 0 Å². The molecule has 3 aromatic rings. The van der Waals surface area contributed by atoms with Crippen LogP contribution in [0.2, 0.25) is 5.02 Å². The molecule has 8 heteroatoms. The van der Waals surface area contributed by atoms with Crippen LogP contribution in [0.1, 0.15) is 57.2 Å². The van der Waals surface area contributed by atoms with Gasteiger partial charge in [0.15, 0.2) is 11.6 Å². The molecular weight excluding hydrogens is 418 g/mol. The topological polar surface area (TPSA) is 101 Å². The molecule has 7 nitrogen and oxygen atoms in total. The Labute approximate surface area is 184 Å². The van der Waals surface area contributed by atoms with Crippen LogP contribution in [0.25, 0.3) is 0 Å². The van der Waals surface area contributed by atoms with Crippen LogP contribution >= 0.6 is 11.6 Å². The zero-order chi connectivity index (χ0) is 22.4. The van der Waals surface area contributed by atoms with Crippen LogP contribution in [0.4, 0.5) is 5.69 Å². The van der Waals surface area contributed by atoms with Gasteiger partial charge in [0.05, 0.1) is 18.0 Å². The fourth-order valence-corrected chi connectivity index (χ4v) is 3.28. The SMILES string of the molecule is CCOc1ccc(C(=O)Cc2ccc(NC(=O)c3[nH]cnc3C(=O)CC)cc2)c(Cl)c1. The van der Waals surface area contributed by atoms with E-state index >= 15 is 0 Å². The van der Waals surface area contributed by atoms with E-state index in [2.05, 4.69) is 15.3 Å². The number of benzene rings is 2. The third-order valence-corrected chi connectivity index (χ3v) is 4.89. The van der Waals surface area contributed by atoms with E-state index in [1.54, 1.807) is 49.4 Å². The number of aromatic nitrogens is 2. The molecule has 0 aliphatic heterocycles. The lowest BCUT2D eigenvalue weighted by Crippen LogP contribution is -2.16. The first kappa shape index (κ1) is 22.2. The molecule has 3 rings (SSSR count). The van der Waals surface area contributed by atoms with E-state index in [4.69, 9.17) is 16.3 Å². The van der Waals surface area contributed by atoms with Gasteiger partial charge in [-0.25, -0.2) is 4.98 Å². The average Bonchev–Trinajstić information content (AvgIpc) is 3.25. The van der Waals surface area contributed by atoms with Gasteiger partial charge in [-0.15, -0.1) is 0 Å². The summed E-state index contributed by atoms with van der Waals surface area (Å²) in [5.41, 5.74) is 1.97. The average molecular weight is 440 g/mol. The second kappa shape index (κ2) is 10.0. The molecule has 1 amide bonds. The van der Waals surface area contributed by atoms with Crippen LogP contribution in [0, 0.1) is 0 Å². The van der Waals surface area contributed by atoms with Gasteiger partial charge in [0, 0.05) is 24.1 Å². The number of amides is 1. The highest BCUT2D eigenvalue weighted by molar-refractivity contribution is 6.34. The predicted octanol–water partition coefficient (Wildman–Crippen LogP) is 4.73. The van der Waals surface area contributed by atoms with Crippen molar-refractivity contribution in [3.05, 3.63) is 76.3 Å². The molecule has 0 fully saturated rings. The van der Waals surface area contributed by atoms with Gasteiger partial charge in [0.25, 0.3) is 5.91 Å². The summed E-state index contributed by atoms with van der Waals surface area (Å²) in [4.78, 5) is 43.6. The van der Waals surface area contributed by atoms with Crippen molar-refractivity contribution in [2.45, 2.75) is 26.7 Å². The summed E-state index contributed by atoms with van der Waals surface area (Å²) in [6.07, 6.45) is 1.74. The number of hydrogen-bond acceptors (Lipinski definition) is 5. The molecule has 2 aromatic carbocycles. The van der Waals surface area contributed by atoms with Crippen molar-refractivity contribution < 1.29 is 19.1 Å². The van der Waals surface area contributed by atoms with Gasteiger partial charge in [-0.3, -0.25) is 14.4 Å². The van der Waals surface area contributed by atoms with Gasteiger partial charge < -0.3 is 15.0 Å². The van der Waals surface area contributed by atoms with E-state index in [1.807, 2.05) is 6.92 Å². The molecule has 0 saturated heterocycles. The maximum atomic E-state index is 12.6. The summed E-state index contributed by atoms with van der Waals surface area (Å²) >= 11 is 6.22. The first-order valence-electron chi connectivity index (χ1n) is 9.85. The van der Waals surface area contributed by atoms with Crippen molar-refractivity contribution in [1.29, 1.82) is 0 Å². The molecule has 31 heavy (non-hydrogen) atoms. The fourth-order valence-electron chi connectivity index (χ4n) is 3.00. The Morgan fingerprint density at radius 2 is 1.81 bits per heavy atom. The van der Waals surface area contributed by atoms with E-state index in [0.717, 1.165) is 5.56 Å². The summed E-state index contributed by atoms with van der Waals surface area (Å²) in [5, 5.41) is 3.07. The number of halogens is 1. The fraction of sp³-hybridized carbons (Fsp3) is 0.217. The van der Waals surface area contributed by atoms with Crippen LogP contribution in [-0.4, -0.2) is 34.0 Å². The Morgan fingerprint density at radius 3 is 2.45 bits per heavy atom. The number of ether oxygens (including phenoxy) is 1. The number of carbonyl (C=O) groups excluding carboxylic acids is 3. The van der Waals surface area contributed by atoms with Crippen molar-refractivity contribution in [1.82, 2.24) is 9.97 Å². The van der Waals surface area contributed by atoms with Gasteiger partial charge in [0.2, 0.25) is 0 Å². The Hall–Kier alpha value is -3.45. The van der Waals surface area contributed by atoms with Gasteiger partial charge in [-0.2, -0.15) is 0 Å². The number of nitrogens with one attached hydrogen (secondary N) is 2. The summed E-state index contributed by atoms with van der Waals surface area (Å²) in [7, 11) is 0. The molecule has 0 radical (unpaired) electrons. The molecule has 0 unspecified atom stereocenters. The molecular formula is C23H22ClN3O4. The molecule has 0 spiro atoms. The van der Waals surface area contributed by atoms with Crippen molar-refractivity contribution in [2.24, 2.45) is 0 Å². The molecule has 0 bridgehead atoms. The third-order valence-electron chi connectivity index (χ3n) is 4.58. The quantitative estimate of drug-likeness (QED) is 0.469. The highest BCUT2D eigenvalue weighted by atomic mass is 35.5. The maximum absolute atomic E-state index is 12.6. The number of ketones is 2. The van der Waals surface area contributed by atoms with E-state index in [9.17, 15) is 14.4 Å². The Balaban J connectivity index is 1.65. The molecule has 2 N–H and O–H groups in total. The second-order valence-corrected chi connectivity index (χ2v) is 7.14. The minimum Gasteiger partial charge on any atom is -0.494 e. The summed E-state index contributed by atoms with van der Waals surface area (Å²) in [6, 6.07) is 11.9. The number of hydrogen-bond donors (Lipinski definition) is 2. The summed E-state index contributed by atoms with van der Waals surface area (Å²) in [6.45, 7) is 4.10. The van der Waals surface area contributed by atoms with Crippen LogP contribution in [0.5, 0.6) is 5.75 Å². The predicted molar refractivity (Wildman–Crippen MR) is 118 cm³/mol. The second-order valence-electron chi connectivity index (χ2n) is 6.73. The van der Waals surface area contributed by atoms with Crippen molar-refractivity contribution in [3.8, 4) is 5.75 Å². The largest absolute Gasteiger partial charge is 0.494 e. The molecule has 0 saturated carbocycles. The molecule has 1 aromatic heterocycles. The zero-order valence-electron chi connectivity index (χ0n) is 17.2. The number of anilines is 1. The van der Waals surface area contributed by atoms with Gasteiger partial charge in [0.1, 0.15) is 17.1 Å². The lowest BCUT2D eigenvalue weighted by Gasteiger charge is -2.08. The molecule has 1 heterocycles. The Morgan fingerprint density at radius 1 is 1.06 bits per heavy atom. The number of imidazole rings is 1. The van der Waals surface area contributed by atoms with Crippen molar-refractivity contribution in [2.75, 3.05) is 11.9 Å². The maximum Gasteiger partial charge on any atom is 0.274 e. The summed E-state index contributed by atoms with van der Waals surface area (Å²) in [5.74, 6) is -0.178. The van der Waals surface area contributed by atoms with Crippen molar-refractivity contribution >= 4 is 34.8 Å². The van der Waals surface area contributed by atoms with E-state index in [0.29, 0.717) is 28.6 Å². The standard InChI is InChI=1S/C23H22ClN3O4/c1-3-19(28)21-22(26-13-25-21)23(30)27-15-7-5-14(6-8-15)11-20(29)17-10-9-16(31-4-2)12-18(17)24/h5-10,12-13H,3-4,11H2,1-2H3,(H,25,26)(H,27,30).